The predicted octanol–water partition coefficient (Wildman–Crippen LogP) is 1.86. The quantitative estimate of drug-likeness (QED) is 0.712. The minimum Gasteiger partial charge on any atom is -0.341 e. The van der Waals surface area contributed by atoms with Crippen LogP contribution in [0.4, 0.5) is 0 Å². The molecule has 170 valence electrons. The molecule has 1 fully saturated rings. The molecule has 1 aromatic carbocycles. The molecule has 3 rings (SSSR count). The lowest BCUT2D eigenvalue weighted by molar-refractivity contribution is -0.137. The van der Waals surface area contributed by atoms with E-state index in [1.54, 1.807) is 24.8 Å². The number of sulfonamides is 1. The Balaban J connectivity index is 1.87. The molecule has 0 unspecified atom stereocenters. The van der Waals surface area contributed by atoms with Crippen LogP contribution in [0.3, 0.4) is 0 Å². The molecule has 0 aromatic heterocycles. The first-order valence-corrected chi connectivity index (χ1v) is 12.1. The summed E-state index contributed by atoms with van der Waals surface area (Å²) in [4.78, 5) is 29.5. The third-order valence-corrected chi connectivity index (χ3v) is 8.25. The van der Waals surface area contributed by atoms with Gasteiger partial charge in [0.15, 0.2) is 0 Å². The van der Waals surface area contributed by atoms with Gasteiger partial charge in [-0.1, -0.05) is 11.6 Å². The minimum absolute atomic E-state index is 0.0665. The Labute approximate surface area is 188 Å². The maximum Gasteiger partial charge on any atom is 0.264 e. The number of likely N-dealkylation sites (tertiary alicyclic amines) is 1. The van der Waals surface area contributed by atoms with E-state index in [0.29, 0.717) is 29.2 Å². The highest BCUT2D eigenvalue weighted by Crippen LogP contribution is 2.29. The first-order chi connectivity index (χ1) is 14.5. The summed E-state index contributed by atoms with van der Waals surface area (Å²) in [5, 5.41) is 3.00. The van der Waals surface area contributed by atoms with Crippen LogP contribution >= 0.6 is 11.6 Å². The molecule has 0 spiro atoms. The normalized spacial score (nSPS) is 22.1. The second kappa shape index (κ2) is 9.18. The number of hydrogen-bond acceptors (Lipinski definition) is 5. The summed E-state index contributed by atoms with van der Waals surface area (Å²) in [5.41, 5.74) is 1.09. The summed E-state index contributed by atoms with van der Waals surface area (Å²) in [6.07, 6.45) is 4.23. The van der Waals surface area contributed by atoms with Crippen LogP contribution < -0.4 is 5.32 Å². The van der Waals surface area contributed by atoms with Crippen molar-refractivity contribution in [2.75, 3.05) is 27.2 Å². The number of halogens is 1. The molecular formula is C21H29ClN4O4S. The molecule has 2 aliphatic rings. The van der Waals surface area contributed by atoms with Crippen LogP contribution in [-0.4, -0.2) is 73.6 Å². The van der Waals surface area contributed by atoms with E-state index < -0.39 is 22.0 Å². The van der Waals surface area contributed by atoms with Crippen molar-refractivity contribution in [3.63, 3.8) is 0 Å². The van der Waals surface area contributed by atoms with Crippen molar-refractivity contribution in [2.24, 2.45) is 0 Å². The van der Waals surface area contributed by atoms with E-state index in [2.05, 4.69) is 10.2 Å². The zero-order valence-corrected chi connectivity index (χ0v) is 19.8. The molecule has 31 heavy (non-hydrogen) atoms. The van der Waals surface area contributed by atoms with E-state index in [1.807, 2.05) is 14.1 Å². The van der Waals surface area contributed by atoms with Gasteiger partial charge in [0, 0.05) is 36.6 Å². The molecule has 2 heterocycles. The van der Waals surface area contributed by atoms with Gasteiger partial charge >= 0.3 is 0 Å². The Morgan fingerprint density at radius 3 is 2.65 bits per heavy atom. The van der Waals surface area contributed by atoms with Gasteiger partial charge in [0.1, 0.15) is 6.04 Å². The van der Waals surface area contributed by atoms with Crippen molar-refractivity contribution in [2.45, 2.75) is 50.1 Å². The van der Waals surface area contributed by atoms with Crippen LogP contribution in [0.15, 0.2) is 29.4 Å². The van der Waals surface area contributed by atoms with E-state index in [9.17, 15) is 18.0 Å². The van der Waals surface area contributed by atoms with E-state index in [1.165, 1.54) is 18.5 Å². The third kappa shape index (κ3) is 4.88. The molecule has 0 saturated carbocycles. The average molecular weight is 469 g/mol. The molecule has 8 nitrogen and oxygen atoms in total. The number of nitrogens with zero attached hydrogens (tertiary/aromatic N) is 3. The molecule has 0 bridgehead atoms. The number of likely N-dealkylation sites (N-methyl/N-ethyl adjacent to an activating group) is 1. The predicted molar refractivity (Wildman–Crippen MR) is 119 cm³/mol. The lowest BCUT2D eigenvalue weighted by Crippen LogP contribution is -2.53. The van der Waals surface area contributed by atoms with Gasteiger partial charge in [-0.05, 0) is 64.0 Å². The molecular weight excluding hydrogens is 440 g/mol. The number of rotatable bonds is 5. The fourth-order valence-corrected chi connectivity index (χ4v) is 5.95. The summed E-state index contributed by atoms with van der Waals surface area (Å²) >= 11 is 6.12. The molecule has 2 aliphatic heterocycles. The number of aryl methyl sites for hydroxylation is 2. The maximum atomic E-state index is 13.4. The Bertz CT molecular complexity index is 1010. The van der Waals surface area contributed by atoms with Crippen LogP contribution in [0.1, 0.15) is 30.4 Å². The van der Waals surface area contributed by atoms with Crippen molar-refractivity contribution in [1.29, 1.82) is 0 Å². The lowest BCUT2D eigenvalue weighted by Gasteiger charge is -2.38. The van der Waals surface area contributed by atoms with E-state index in [4.69, 9.17) is 11.6 Å². The number of hydrogen-bond donors (Lipinski definition) is 1. The van der Waals surface area contributed by atoms with Crippen LogP contribution in [-0.2, 0) is 19.6 Å². The Morgan fingerprint density at radius 2 is 1.97 bits per heavy atom. The minimum atomic E-state index is -4.07. The zero-order chi connectivity index (χ0) is 22.9. The molecule has 2 amide bonds. The number of piperidine rings is 1. The topological polar surface area (TPSA) is 90.0 Å². The van der Waals surface area contributed by atoms with Gasteiger partial charge in [-0.25, -0.2) is 8.42 Å². The largest absolute Gasteiger partial charge is 0.341 e. The SMILES string of the molecule is Cc1cc(S(=O)(=O)N2C=CNC(=O)[C@H]2CC(=O)N2CCC[C@H](N(C)C)C2)c(C)cc1Cl. The van der Waals surface area contributed by atoms with Crippen LogP contribution in [0, 0.1) is 13.8 Å². The molecule has 0 radical (unpaired) electrons. The van der Waals surface area contributed by atoms with Gasteiger partial charge in [-0.3, -0.25) is 13.9 Å². The number of nitrogens with one attached hydrogen (secondary N) is 1. The van der Waals surface area contributed by atoms with Crippen molar-refractivity contribution in [3.05, 3.63) is 40.7 Å². The Kier molecular flexibility index (Phi) is 6.98. The van der Waals surface area contributed by atoms with Crippen molar-refractivity contribution in [3.8, 4) is 0 Å². The molecule has 1 N–H and O–H groups in total. The summed E-state index contributed by atoms with van der Waals surface area (Å²) in [5.74, 6) is -0.754. The van der Waals surface area contributed by atoms with Crippen molar-refractivity contribution < 1.29 is 18.0 Å². The van der Waals surface area contributed by atoms with Crippen LogP contribution in [0.25, 0.3) is 0 Å². The van der Waals surface area contributed by atoms with Gasteiger partial charge in [0.25, 0.3) is 10.0 Å². The fraction of sp³-hybridized carbons (Fsp3) is 0.524. The summed E-state index contributed by atoms with van der Waals surface area (Å²) in [6.45, 7) is 4.55. The molecule has 0 aliphatic carbocycles. The van der Waals surface area contributed by atoms with Crippen molar-refractivity contribution >= 4 is 33.4 Å². The average Bonchev–Trinajstić information content (AvgIpc) is 2.71. The lowest BCUT2D eigenvalue weighted by atomic mass is 10.0. The summed E-state index contributed by atoms with van der Waals surface area (Å²) in [7, 11) is -0.117. The summed E-state index contributed by atoms with van der Waals surface area (Å²) in [6, 6.07) is 2.18. The molecule has 1 aromatic rings. The van der Waals surface area contributed by atoms with Gasteiger partial charge in [-0.2, -0.15) is 0 Å². The monoisotopic (exact) mass is 468 g/mol. The van der Waals surface area contributed by atoms with Gasteiger partial charge in [0.2, 0.25) is 11.8 Å². The highest BCUT2D eigenvalue weighted by molar-refractivity contribution is 7.89. The first-order valence-electron chi connectivity index (χ1n) is 10.2. The molecule has 10 heteroatoms. The second-order valence-electron chi connectivity index (χ2n) is 8.35. The smallest absolute Gasteiger partial charge is 0.264 e. The number of amides is 2. The molecule has 1 saturated heterocycles. The van der Waals surface area contributed by atoms with E-state index in [-0.39, 0.29) is 23.3 Å². The number of carbonyl (C=O) groups is 2. The Hall–Kier alpha value is -2.10. The molecule has 2 atom stereocenters. The van der Waals surface area contributed by atoms with E-state index >= 15 is 0 Å². The van der Waals surface area contributed by atoms with E-state index in [0.717, 1.165) is 17.1 Å². The highest BCUT2D eigenvalue weighted by Gasteiger charge is 2.39. The first kappa shape index (κ1) is 23.6. The van der Waals surface area contributed by atoms with Crippen LogP contribution in [0.2, 0.25) is 5.02 Å². The maximum absolute atomic E-state index is 13.4. The number of benzene rings is 1. The number of carbonyl (C=O) groups excluding carboxylic acids is 2. The van der Waals surface area contributed by atoms with Crippen LogP contribution in [0.5, 0.6) is 0 Å². The summed E-state index contributed by atoms with van der Waals surface area (Å²) < 4.78 is 27.9. The van der Waals surface area contributed by atoms with Gasteiger partial charge in [0.05, 0.1) is 11.3 Å². The van der Waals surface area contributed by atoms with Crippen molar-refractivity contribution in [1.82, 2.24) is 19.4 Å². The second-order valence-corrected chi connectivity index (χ2v) is 10.6. The highest BCUT2D eigenvalue weighted by atomic mass is 35.5. The fourth-order valence-electron chi connectivity index (χ4n) is 3.98. The third-order valence-electron chi connectivity index (χ3n) is 5.92. The standard InChI is InChI=1S/C21H29ClN4O4S/c1-14-11-19(15(2)10-17(14)22)31(29,30)26-9-7-23-21(28)18(26)12-20(27)25-8-5-6-16(13-25)24(3)4/h7,9-11,16,18H,5-6,8,12-13H2,1-4H3,(H,23,28)/t16-,18+/m0/s1. The Morgan fingerprint density at radius 1 is 1.26 bits per heavy atom. The zero-order valence-electron chi connectivity index (χ0n) is 18.3. The van der Waals surface area contributed by atoms with Gasteiger partial charge in [-0.15, -0.1) is 0 Å². The van der Waals surface area contributed by atoms with Gasteiger partial charge < -0.3 is 15.1 Å².